The van der Waals surface area contributed by atoms with Gasteiger partial charge in [0.25, 0.3) is 0 Å². The minimum absolute atomic E-state index is 0.130. The smallest absolute Gasteiger partial charge is 0.345 e. The predicted molar refractivity (Wildman–Crippen MR) is 73.3 cm³/mol. The number of allylic oxidation sites excluding steroid dienone is 5. The molecule has 0 aromatic carbocycles. The highest BCUT2D eigenvalue weighted by Gasteiger charge is 2.19. The van der Waals surface area contributed by atoms with E-state index in [1.807, 2.05) is 32.0 Å². The van der Waals surface area contributed by atoms with Crippen LogP contribution in [0, 0.1) is 0 Å². The van der Waals surface area contributed by atoms with Gasteiger partial charge in [-0.3, -0.25) is 0 Å². The van der Waals surface area contributed by atoms with Gasteiger partial charge < -0.3 is 14.4 Å². The van der Waals surface area contributed by atoms with Crippen LogP contribution in [0.5, 0.6) is 0 Å². The molecule has 0 spiro atoms. The van der Waals surface area contributed by atoms with Crippen molar-refractivity contribution in [3.05, 3.63) is 35.1 Å². The predicted octanol–water partition coefficient (Wildman–Crippen LogP) is 1.67. The van der Waals surface area contributed by atoms with Crippen LogP contribution in [0.15, 0.2) is 35.1 Å². The molecule has 0 heterocycles. The summed E-state index contributed by atoms with van der Waals surface area (Å²) in [5, 5.41) is 0. The third kappa shape index (κ3) is 5.90. The van der Waals surface area contributed by atoms with E-state index in [-0.39, 0.29) is 5.57 Å². The number of rotatable bonds is 5. The Kier molecular flexibility index (Phi) is 7.26. The molecule has 0 saturated carbocycles. The number of ether oxygens (including phenoxy) is 2. The maximum Gasteiger partial charge on any atom is 0.345 e. The second-order valence-electron chi connectivity index (χ2n) is 4.15. The summed E-state index contributed by atoms with van der Waals surface area (Å²) in [6.07, 6.45) is 5.14. The minimum Gasteiger partial charge on any atom is -0.465 e. The molecule has 5 nitrogen and oxygen atoms in total. The van der Waals surface area contributed by atoms with Crippen molar-refractivity contribution in [1.29, 1.82) is 0 Å². The van der Waals surface area contributed by atoms with E-state index in [0.717, 1.165) is 11.3 Å². The quantitative estimate of drug-likeness (QED) is 0.249. The molecule has 5 heteroatoms. The summed E-state index contributed by atoms with van der Waals surface area (Å²) in [5.74, 6) is -1.43. The molecular weight excluding hydrogens is 246 g/mol. The van der Waals surface area contributed by atoms with Crippen molar-refractivity contribution in [2.45, 2.75) is 13.8 Å². The summed E-state index contributed by atoms with van der Waals surface area (Å²) in [6, 6.07) is 0. The Morgan fingerprint density at radius 3 is 1.79 bits per heavy atom. The number of nitrogens with zero attached hydrogens (tertiary/aromatic N) is 1. The lowest BCUT2D eigenvalue weighted by Gasteiger charge is -2.11. The van der Waals surface area contributed by atoms with E-state index in [0.29, 0.717) is 0 Å². The first-order chi connectivity index (χ1) is 8.83. The average Bonchev–Trinajstić information content (AvgIpc) is 2.39. The van der Waals surface area contributed by atoms with Crippen molar-refractivity contribution in [3.8, 4) is 0 Å². The number of carbonyl (C=O) groups is 2. The molecule has 0 aliphatic rings. The fourth-order valence-electron chi connectivity index (χ4n) is 1.10. The van der Waals surface area contributed by atoms with Crippen molar-refractivity contribution in [2.75, 3.05) is 28.3 Å². The van der Waals surface area contributed by atoms with Gasteiger partial charge in [0.05, 0.1) is 14.2 Å². The summed E-state index contributed by atoms with van der Waals surface area (Å²) < 4.78 is 9.08. The van der Waals surface area contributed by atoms with Gasteiger partial charge in [0, 0.05) is 19.8 Å². The van der Waals surface area contributed by atoms with Crippen molar-refractivity contribution in [3.63, 3.8) is 0 Å². The zero-order valence-corrected chi connectivity index (χ0v) is 12.3. The standard InChI is InChI=1S/C14H21NO4/c1-10(7-8-11(2)15(3)4)9-12(13(16)18-5)14(17)19-6/h7-9H,1-6H3/b10-7+,11-8+. The van der Waals surface area contributed by atoms with Crippen LogP contribution in [0.2, 0.25) is 0 Å². The first-order valence-corrected chi connectivity index (χ1v) is 5.74. The minimum atomic E-state index is -0.715. The molecule has 0 fully saturated rings. The zero-order valence-electron chi connectivity index (χ0n) is 12.3. The van der Waals surface area contributed by atoms with Crippen molar-refractivity contribution < 1.29 is 19.1 Å². The van der Waals surface area contributed by atoms with Crippen molar-refractivity contribution in [1.82, 2.24) is 4.90 Å². The van der Waals surface area contributed by atoms with E-state index >= 15 is 0 Å². The Balaban J connectivity index is 5.24. The van der Waals surface area contributed by atoms with Gasteiger partial charge in [0.2, 0.25) is 0 Å². The average molecular weight is 267 g/mol. The van der Waals surface area contributed by atoms with E-state index in [1.54, 1.807) is 13.0 Å². The highest BCUT2D eigenvalue weighted by atomic mass is 16.5. The zero-order chi connectivity index (χ0) is 15.0. The summed E-state index contributed by atoms with van der Waals surface area (Å²) in [4.78, 5) is 24.9. The maximum absolute atomic E-state index is 11.5. The Labute approximate surface area is 114 Å². The Hall–Kier alpha value is -2.04. The molecule has 0 aromatic rings. The monoisotopic (exact) mass is 267 g/mol. The van der Waals surface area contributed by atoms with Gasteiger partial charge in [0.1, 0.15) is 5.57 Å². The molecule has 0 amide bonds. The van der Waals surface area contributed by atoms with Crippen LogP contribution < -0.4 is 0 Å². The second kappa shape index (κ2) is 8.13. The largest absolute Gasteiger partial charge is 0.465 e. The summed E-state index contributed by atoms with van der Waals surface area (Å²) >= 11 is 0. The molecule has 0 aromatic heterocycles. The molecule has 0 saturated heterocycles. The van der Waals surface area contributed by atoms with E-state index in [1.165, 1.54) is 20.3 Å². The number of esters is 2. The molecule has 19 heavy (non-hydrogen) atoms. The number of hydrogen-bond acceptors (Lipinski definition) is 5. The maximum atomic E-state index is 11.5. The summed E-state index contributed by atoms with van der Waals surface area (Å²) in [7, 11) is 6.29. The van der Waals surface area contributed by atoms with Gasteiger partial charge in [0.15, 0.2) is 0 Å². The molecule has 0 bridgehead atoms. The topological polar surface area (TPSA) is 55.8 Å². The van der Waals surface area contributed by atoms with Crippen LogP contribution >= 0.6 is 0 Å². The lowest BCUT2D eigenvalue weighted by molar-refractivity contribution is -0.144. The number of carbonyl (C=O) groups excluding carboxylic acids is 2. The van der Waals surface area contributed by atoms with Crippen molar-refractivity contribution in [2.24, 2.45) is 0 Å². The van der Waals surface area contributed by atoms with Crippen LogP contribution in [0.25, 0.3) is 0 Å². The normalized spacial score (nSPS) is 11.7. The number of hydrogen-bond donors (Lipinski definition) is 0. The highest BCUT2D eigenvalue weighted by molar-refractivity contribution is 6.14. The Morgan fingerprint density at radius 1 is 0.947 bits per heavy atom. The molecule has 0 aliphatic carbocycles. The van der Waals surface area contributed by atoms with Gasteiger partial charge in [-0.2, -0.15) is 0 Å². The lowest BCUT2D eigenvalue weighted by Crippen LogP contribution is -2.15. The van der Waals surface area contributed by atoms with Gasteiger partial charge in [-0.15, -0.1) is 0 Å². The van der Waals surface area contributed by atoms with Crippen LogP contribution in [0.3, 0.4) is 0 Å². The van der Waals surface area contributed by atoms with Crippen molar-refractivity contribution >= 4 is 11.9 Å². The SMILES string of the molecule is COC(=O)C(=C/C(C)=C/C=C(\C)N(C)C)C(=O)OC. The number of methoxy groups -OCH3 is 2. The van der Waals surface area contributed by atoms with Crippen LogP contribution in [0.4, 0.5) is 0 Å². The third-order valence-corrected chi connectivity index (χ3v) is 2.48. The van der Waals surface area contributed by atoms with E-state index in [2.05, 4.69) is 9.47 Å². The van der Waals surface area contributed by atoms with E-state index in [9.17, 15) is 9.59 Å². The lowest BCUT2D eigenvalue weighted by atomic mass is 10.1. The van der Waals surface area contributed by atoms with E-state index < -0.39 is 11.9 Å². The van der Waals surface area contributed by atoms with Gasteiger partial charge in [-0.1, -0.05) is 6.08 Å². The second-order valence-corrected chi connectivity index (χ2v) is 4.15. The fourth-order valence-corrected chi connectivity index (χ4v) is 1.10. The van der Waals surface area contributed by atoms with Gasteiger partial charge in [-0.25, -0.2) is 9.59 Å². The Bertz CT molecular complexity index is 413. The van der Waals surface area contributed by atoms with Crippen LogP contribution in [-0.4, -0.2) is 45.2 Å². The molecule has 0 radical (unpaired) electrons. The van der Waals surface area contributed by atoms with Crippen LogP contribution in [-0.2, 0) is 19.1 Å². The first-order valence-electron chi connectivity index (χ1n) is 5.74. The van der Waals surface area contributed by atoms with E-state index in [4.69, 9.17) is 0 Å². The molecule has 106 valence electrons. The molecule has 0 N–H and O–H groups in total. The highest BCUT2D eigenvalue weighted by Crippen LogP contribution is 2.08. The molecule has 0 atom stereocenters. The summed E-state index contributed by atoms with van der Waals surface area (Å²) in [5.41, 5.74) is 1.66. The van der Waals surface area contributed by atoms with Gasteiger partial charge in [-0.05, 0) is 31.6 Å². The first kappa shape index (κ1) is 17.0. The molecule has 0 unspecified atom stereocenters. The molecular formula is C14H21NO4. The fraction of sp³-hybridized carbons (Fsp3) is 0.429. The van der Waals surface area contributed by atoms with Crippen LogP contribution in [0.1, 0.15) is 13.8 Å². The molecule has 0 rings (SSSR count). The Morgan fingerprint density at radius 2 is 1.42 bits per heavy atom. The third-order valence-electron chi connectivity index (χ3n) is 2.48. The molecule has 0 aliphatic heterocycles. The summed E-state index contributed by atoms with van der Waals surface area (Å²) in [6.45, 7) is 3.74. The van der Waals surface area contributed by atoms with Gasteiger partial charge >= 0.3 is 11.9 Å².